The molecule has 1 saturated carbocycles. The van der Waals surface area contributed by atoms with Gasteiger partial charge in [0.1, 0.15) is 17.1 Å². The number of halogens is 3. The smallest absolute Gasteiger partial charge is 0.417 e. The standard InChI is InChI=1S/C23H25F3N4O4/c1-3-33-18-5-4-12-27-21(18)34-16-6-7-19-29-17(14-30(19)13-16)20(31)28-15-8-10-22(32-2,11-9-15)23(24,25)26/h4-7,12-15H,3,8-11H2,1-2H3,(H,28,31). The third kappa shape index (κ3) is 4.79. The summed E-state index contributed by atoms with van der Waals surface area (Å²) in [6.45, 7) is 2.32. The highest BCUT2D eigenvalue weighted by Gasteiger charge is 2.56. The van der Waals surface area contributed by atoms with Gasteiger partial charge in [0, 0.05) is 25.5 Å². The minimum Gasteiger partial charge on any atom is -0.488 e. The number of hydrogen-bond donors (Lipinski definition) is 1. The van der Waals surface area contributed by atoms with E-state index in [9.17, 15) is 18.0 Å². The fourth-order valence-corrected chi connectivity index (χ4v) is 4.06. The number of ether oxygens (including phenoxy) is 3. The lowest BCUT2D eigenvalue weighted by Crippen LogP contribution is -2.52. The molecule has 1 fully saturated rings. The molecule has 34 heavy (non-hydrogen) atoms. The Kier molecular flexibility index (Phi) is 6.65. The molecule has 1 aliphatic rings. The lowest BCUT2D eigenvalue weighted by molar-refractivity contribution is -0.280. The highest BCUT2D eigenvalue weighted by Crippen LogP contribution is 2.44. The molecule has 0 bridgehead atoms. The summed E-state index contributed by atoms with van der Waals surface area (Å²) in [6.07, 6.45) is 0.247. The molecular weight excluding hydrogens is 453 g/mol. The second-order valence-electron chi connectivity index (χ2n) is 8.04. The van der Waals surface area contributed by atoms with Crippen molar-refractivity contribution < 1.29 is 32.2 Å². The highest BCUT2D eigenvalue weighted by atomic mass is 19.4. The molecule has 0 atom stereocenters. The van der Waals surface area contributed by atoms with Gasteiger partial charge in [-0.1, -0.05) is 0 Å². The Labute approximate surface area is 194 Å². The Morgan fingerprint density at radius 3 is 2.68 bits per heavy atom. The fourth-order valence-electron chi connectivity index (χ4n) is 4.06. The van der Waals surface area contributed by atoms with Gasteiger partial charge >= 0.3 is 6.18 Å². The second-order valence-corrected chi connectivity index (χ2v) is 8.04. The van der Waals surface area contributed by atoms with E-state index in [0.29, 0.717) is 29.6 Å². The Hall–Kier alpha value is -3.34. The Morgan fingerprint density at radius 2 is 2.00 bits per heavy atom. The maximum Gasteiger partial charge on any atom is 0.417 e. The first kappa shape index (κ1) is 23.8. The van der Waals surface area contributed by atoms with Gasteiger partial charge in [0.05, 0.1) is 12.8 Å². The summed E-state index contributed by atoms with van der Waals surface area (Å²) < 4.78 is 57.9. The molecule has 0 radical (unpaired) electrons. The maximum atomic E-state index is 13.4. The molecule has 0 saturated heterocycles. The molecule has 0 spiro atoms. The van der Waals surface area contributed by atoms with Crippen LogP contribution in [0, 0.1) is 0 Å². The van der Waals surface area contributed by atoms with Crippen LogP contribution in [0.25, 0.3) is 5.65 Å². The van der Waals surface area contributed by atoms with Gasteiger partial charge in [-0.2, -0.15) is 13.2 Å². The summed E-state index contributed by atoms with van der Waals surface area (Å²) >= 11 is 0. The third-order valence-electron chi connectivity index (χ3n) is 5.94. The zero-order valence-corrected chi connectivity index (χ0v) is 18.8. The van der Waals surface area contributed by atoms with E-state index in [1.54, 1.807) is 41.1 Å². The van der Waals surface area contributed by atoms with E-state index in [0.717, 1.165) is 7.11 Å². The normalized spacial score (nSPS) is 20.8. The topological polar surface area (TPSA) is 87.0 Å². The molecule has 182 valence electrons. The SMILES string of the molecule is CCOc1cccnc1Oc1ccc2nc(C(=O)NC3CCC(OC)(C(F)(F)F)CC3)cn2c1. The van der Waals surface area contributed by atoms with Crippen molar-refractivity contribution in [2.24, 2.45) is 0 Å². The number of carbonyl (C=O) groups is 1. The van der Waals surface area contributed by atoms with Crippen molar-refractivity contribution >= 4 is 11.6 Å². The van der Waals surface area contributed by atoms with E-state index in [-0.39, 0.29) is 37.4 Å². The highest BCUT2D eigenvalue weighted by molar-refractivity contribution is 5.93. The Balaban J connectivity index is 1.43. The number of amides is 1. The number of nitrogens with zero attached hydrogens (tertiary/aromatic N) is 3. The number of nitrogens with one attached hydrogen (secondary N) is 1. The largest absolute Gasteiger partial charge is 0.488 e. The molecule has 0 aliphatic heterocycles. The van der Waals surface area contributed by atoms with Crippen molar-refractivity contribution in [2.45, 2.75) is 50.4 Å². The first-order chi connectivity index (χ1) is 16.2. The number of carbonyl (C=O) groups excluding carboxylic acids is 1. The number of hydrogen-bond acceptors (Lipinski definition) is 6. The van der Waals surface area contributed by atoms with Crippen molar-refractivity contribution in [3.8, 4) is 17.4 Å². The van der Waals surface area contributed by atoms with Crippen LogP contribution in [-0.4, -0.2) is 51.8 Å². The summed E-state index contributed by atoms with van der Waals surface area (Å²) in [7, 11) is 1.08. The zero-order chi connectivity index (χ0) is 24.3. The lowest BCUT2D eigenvalue weighted by atomic mass is 9.81. The van der Waals surface area contributed by atoms with Gasteiger partial charge in [-0.15, -0.1) is 0 Å². The van der Waals surface area contributed by atoms with E-state index in [1.165, 1.54) is 6.20 Å². The van der Waals surface area contributed by atoms with Gasteiger partial charge in [0.2, 0.25) is 0 Å². The summed E-state index contributed by atoms with van der Waals surface area (Å²) in [6, 6.07) is 6.49. The number of aromatic nitrogens is 3. The molecule has 1 amide bonds. The van der Waals surface area contributed by atoms with Crippen LogP contribution < -0.4 is 14.8 Å². The van der Waals surface area contributed by atoms with Crippen molar-refractivity contribution in [3.63, 3.8) is 0 Å². The van der Waals surface area contributed by atoms with Crippen molar-refractivity contribution in [1.29, 1.82) is 0 Å². The molecule has 3 heterocycles. The molecule has 8 nitrogen and oxygen atoms in total. The quantitative estimate of drug-likeness (QED) is 0.537. The van der Waals surface area contributed by atoms with Gasteiger partial charge in [-0.25, -0.2) is 9.97 Å². The van der Waals surface area contributed by atoms with Gasteiger partial charge in [0.15, 0.2) is 11.4 Å². The number of fused-ring (bicyclic) bond motifs is 1. The molecule has 0 unspecified atom stereocenters. The summed E-state index contributed by atoms with van der Waals surface area (Å²) in [5.74, 6) is 0.833. The van der Waals surface area contributed by atoms with Crippen molar-refractivity contribution in [1.82, 2.24) is 19.7 Å². The predicted molar refractivity (Wildman–Crippen MR) is 116 cm³/mol. The first-order valence-corrected chi connectivity index (χ1v) is 10.9. The minimum atomic E-state index is -4.45. The first-order valence-electron chi connectivity index (χ1n) is 10.9. The third-order valence-corrected chi connectivity index (χ3v) is 5.94. The van der Waals surface area contributed by atoms with Crippen LogP contribution in [0.15, 0.2) is 42.9 Å². The molecular formula is C23H25F3N4O4. The van der Waals surface area contributed by atoms with Crippen LogP contribution in [0.5, 0.6) is 17.4 Å². The van der Waals surface area contributed by atoms with Crippen LogP contribution in [0.1, 0.15) is 43.1 Å². The number of rotatable bonds is 7. The number of methoxy groups -OCH3 is 1. The molecule has 11 heteroatoms. The molecule has 1 aliphatic carbocycles. The number of pyridine rings is 2. The van der Waals surface area contributed by atoms with Crippen LogP contribution in [0.3, 0.4) is 0 Å². The molecule has 0 aromatic carbocycles. The van der Waals surface area contributed by atoms with E-state index in [1.807, 2.05) is 6.92 Å². The average Bonchev–Trinajstić information content (AvgIpc) is 3.24. The monoisotopic (exact) mass is 478 g/mol. The van der Waals surface area contributed by atoms with E-state index < -0.39 is 17.7 Å². The predicted octanol–water partition coefficient (Wildman–Crippen LogP) is 4.54. The van der Waals surface area contributed by atoms with Crippen LogP contribution in [-0.2, 0) is 4.74 Å². The second kappa shape index (κ2) is 9.49. The van der Waals surface area contributed by atoms with Crippen molar-refractivity contribution in [3.05, 3.63) is 48.5 Å². The Morgan fingerprint density at radius 1 is 1.24 bits per heavy atom. The summed E-state index contributed by atoms with van der Waals surface area (Å²) in [4.78, 5) is 21.2. The zero-order valence-electron chi connectivity index (χ0n) is 18.8. The number of imidazole rings is 1. The fraction of sp³-hybridized carbons (Fsp3) is 0.435. The summed E-state index contributed by atoms with van der Waals surface area (Å²) in [5.41, 5.74) is -1.48. The molecule has 3 aromatic heterocycles. The van der Waals surface area contributed by atoms with E-state index >= 15 is 0 Å². The van der Waals surface area contributed by atoms with Gasteiger partial charge < -0.3 is 23.9 Å². The average molecular weight is 478 g/mol. The lowest BCUT2D eigenvalue weighted by Gasteiger charge is -2.40. The van der Waals surface area contributed by atoms with E-state index in [2.05, 4.69) is 15.3 Å². The van der Waals surface area contributed by atoms with Crippen LogP contribution in [0.4, 0.5) is 13.2 Å². The maximum absolute atomic E-state index is 13.4. The molecule has 1 N–H and O–H groups in total. The van der Waals surface area contributed by atoms with Gasteiger partial charge in [0.25, 0.3) is 11.8 Å². The van der Waals surface area contributed by atoms with Gasteiger partial charge in [-0.3, -0.25) is 4.79 Å². The van der Waals surface area contributed by atoms with Crippen LogP contribution in [0.2, 0.25) is 0 Å². The van der Waals surface area contributed by atoms with E-state index in [4.69, 9.17) is 14.2 Å². The Bertz CT molecular complexity index is 1160. The minimum absolute atomic E-state index is 0.157. The summed E-state index contributed by atoms with van der Waals surface area (Å²) in [5, 5.41) is 2.79. The van der Waals surface area contributed by atoms with Crippen molar-refractivity contribution in [2.75, 3.05) is 13.7 Å². The number of alkyl halides is 3. The van der Waals surface area contributed by atoms with Gasteiger partial charge in [-0.05, 0) is 56.9 Å². The van der Waals surface area contributed by atoms with Crippen LogP contribution >= 0.6 is 0 Å². The molecule has 3 aromatic rings. The molecule has 4 rings (SSSR count).